The third kappa shape index (κ3) is 5.22. The molecule has 1 aliphatic heterocycles. The van der Waals surface area contributed by atoms with Crippen LogP contribution in [0.3, 0.4) is 0 Å². The van der Waals surface area contributed by atoms with E-state index in [2.05, 4.69) is 30.6 Å². The summed E-state index contributed by atoms with van der Waals surface area (Å²) in [5.74, 6) is 0. The maximum absolute atomic E-state index is 3.78. The molecule has 2 unspecified atom stereocenters. The lowest BCUT2D eigenvalue weighted by molar-refractivity contribution is 0.122. The van der Waals surface area contributed by atoms with Gasteiger partial charge < -0.3 is 5.32 Å². The van der Waals surface area contributed by atoms with Gasteiger partial charge in [-0.05, 0) is 38.6 Å². The predicted molar refractivity (Wildman–Crippen MR) is 76.4 cm³/mol. The van der Waals surface area contributed by atoms with Crippen molar-refractivity contribution < 1.29 is 0 Å². The average molecular weight is 238 g/mol. The Bertz CT molecular complexity index is 203. The van der Waals surface area contributed by atoms with Crippen molar-refractivity contribution in [3.05, 3.63) is 12.7 Å². The van der Waals surface area contributed by atoms with E-state index in [1.165, 1.54) is 58.2 Å². The molecule has 100 valence electrons. The Hall–Kier alpha value is -0.340. The van der Waals surface area contributed by atoms with Gasteiger partial charge in [-0.25, -0.2) is 0 Å². The molecule has 0 aromatic heterocycles. The van der Waals surface area contributed by atoms with Crippen molar-refractivity contribution >= 4 is 0 Å². The number of rotatable bonds is 8. The molecule has 17 heavy (non-hydrogen) atoms. The first-order valence-corrected chi connectivity index (χ1v) is 7.40. The van der Waals surface area contributed by atoms with Crippen LogP contribution in [0.5, 0.6) is 0 Å². The average Bonchev–Trinajstić information content (AvgIpc) is 2.38. The molecule has 0 radical (unpaired) electrons. The molecule has 0 aromatic carbocycles. The minimum Gasteiger partial charge on any atom is -0.311 e. The van der Waals surface area contributed by atoms with Crippen LogP contribution in [-0.4, -0.2) is 36.6 Å². The maximum atomic E-state index is 3.78. The number of allylic oxidation sites excluding steroid dienone is 1. The van der Waals surface area contributed by atoms with E-state index in [1.54, 1.807) is 0 Å². The van der Waals surface area contributed by atoms with Crippen LogP contribution in [0.15, 0.2) is 12.7 Å². The first-order chi connectivity index (χ1) is 8.31. The quantitative estimate of drug-likeness (QED) is 0.516. The Balaban J connectivity index is 2.23. The fourth-order valence-corrected chi connectivity index (χ4v) is 2.66. The van der Waals surface area contributed by atoms with Crippen molar-refractivity contribution in [2.24, 2.45) is 0 Å². The van der Waals surface area contributed by atoms with Crippen molar-refractivity contribution in [2.75, 3.05) is 19.6 Å². The minimum atomic E-state index is 0.714. The first kappa shape index (κ1) is 14.7. The molecule has 2 atom stereocenters. The lowest BCUT2D eigenvalue weighted by atomic mass is 10.0. The smallest absolute Gasteiger partial charge is 0.0218 e. The summed E-state index contributed by atoms with van der Waals surface area (Å²) in [4.78, 5) is 2.71. The Kier molecular flexibility index (Phi) is 7.54. The molecule has 0 amide bonds. The van der Waals surface area contributed by atoms with Gasteiger partial charge in [0.25, 0.3) is 0 Å². The molecule has 1 aliphatic rings. The van der Waals surface area contributed by atoms with Gasteiger partial charge in [0.15, 0.2) is 0 Å². The number of hydrogen-bond donors (Lipinski definition) is 1. The Morgan fingerprint density at radius 3 is 2.71 bits per heavy atom. The molecule has 0 spiro atoms. The largest absolute Gasteiger partial charge is 0.311 e. The van der Waals surface area contributed by atoms with E-state index in [0.717, 1.165) is 6.04 Å². The van der Waals surface area contributed by atoms with E-state index >= 15 is 0 Å². The van der Waals surface area contributed by atoms with Gasteiger partial charge in [0.2, 0.25) is 0 Å². The highest BCUT2D eigenvalue weighted by Gasteiger charge is 2.24. The summed E-state index contributed by atoms with van der Waals surface area (Å²) >= 11 is 0. The lowest BCUT2D eigenvalue weighted by Crippen LogP contribution is -2.56. The third-order valence-corrected chi connectivity index (χ3v) is 3.93. The summed E-state index contributed by atoms with van der Waals surface area (Å²) in [5, 5.41) is 3.66. The van der Waals surface area contributed by atoms with E-state index in [-0.39, 0.29) is 0 Å². The zero-order valence-electron chi connectivity index (χ0n) is 11.8. The second-order valence-electron chi connectivity index (χ2n) is 5.21. The highest BCUT2D eigenvalue weighted by atomic mass is 15.2. The standard InChI is InChI=1S/C15H30N2/c1-4-7-8-9-10-11-17-13-14(5-2)16-12-15(17)6-3/h4,14-16H,1,5-13H2,2-3H3. The Labute approximate surface area is 107 Å². The van der Waals surface area contributed by atoms with Crippen LogP contribution in [0.2, 0.25) is 0 Å². The molecule has 1 rings (SSSR count). The Morgan fingerprint density at radius 2 is 2.06 bits per heavy atom. The van der Waals surface area contributed by atoms with Crippen LogP contribution < -0.4 is 5.32 Å². The van der Waals surface area contributed by atoms with Crippen molar-refractivity contribution in [3.8, 4) is 0 Å². The van der Waals surface area contributed by atoms with Gasteiger partial charge >= 0.3 is 0 Å². The molecule has 1 N–H and O–H groups in total. The summed E-state index contributed by atoms with van der Waals surface area (Å²) in [6.07, 6.45) is 9.75. The fourth-order valence-electron chi connectivity index (χ4n) is 2.66. The van der Waals surface area contributed by atoms with Crippen molar-refractivity contribution in [3.63, 3.8) is 0 Å². The summed E-state index contributed by atoms with van der Waals surface area (Å²) in [7, 11) is 0. The summed E-state index contributed by atoms with van der Waals surface area (Å²) < 4.78 is 0. The van der Waals surface area contributed by atoms with Crippen LogP contribution in [0.4, 0.5) is 0 Å². The van der Waals surface area contributed by atoms with Crippen LogP contribution in [0, 0.1) is 0 Å². The number of piperazine rings is 1. The summed E-state index contributed by atoms with van der Waals surface area (Å²) in [6.45, 7) is 12.1. The summed E-state index contributed by atoms with van der Waals surface area (Å²) in [6, 6.07) is 1.48. The molecule has 0 aliphatic carbocycles. The topological polar surface area (TPSA) is 15.3 Å². The highest BCUT2D eigenvalue weighted by Crippen LogP contribution is 2.13. The molecule has 0 bridgehead atoms. The second-order valence-corrected chi connectivity index (χ2v) is 5.21. The molecule has 1 fully saturated rings. The van der Waals surface area contributed by atoms with Crippen LogP contribution >= 0.6 is 0 Å². The van der Waals surface area contributed by atoms with Gasteiger partial charge in [-0.2, -0.15) is 0 Å². The van der Waals surface area contributed by atoms with Gasteiger partial charge in [0, 0.05) is 25.2 Å². The van der Waals surface area contributed by atoms with E-state index in [0.29, 0.717) is 6.04 Å². The first-order valence-electron chi connectivity index (χ1n) is 7.40. The van der Waals surface area contributed by atoms with Gasteiger partial charge in [-0.3, -0.25) is 4.90 Å². The predicted octanol–water partition coefficient (Wildman–Crippen LogP) is 3.20. The zero-order chi connectivity index (χ0) is 12.5. The van der Waals surface area contributed by atoms with Crippen LogP contribution in [0.25, 0.3) is 0 Å². The van der Waals surface area contributed by atoms with Crippen molar-refractivity contribution in [2.45, 2.75) is 64.5 Å². The molecule has 0 saturated carbocycles. The second kappa shape index (κ2) is 8.71. The molecule has 0 aromatic rings. The number of hydrogen-bond acceptors (Lipinski definition) is 2. The molecular weight excluding hydrogens is 208 g/mol. The van der Waals surface area contributed by atoms with Crippen molar-refractivity contribution in [1.29, 1.82) is 0 Å². The minimum absolute atomic E-state index is 0.714. The van der Waals surface area contributed by atoms with Crippen LogP contribution in [0.1, 0.15) is 52.4 Å². The van der Waals surface area contributed by atoms with E-state index < -0.39 is 0 Å². The maximum Gasteiger partial charge on any atom is 0.0218 e. The molecule has 2 heteroatoms. The van der Waals surface area contributed by atoms with Gasteiger partial charge in [0.1, 0.15) is 0 Å². The monoisotopic (exact) mass is 238 g/mol. The van der Waals surface area contributed by atoms with Crippen molar-refractivity contribution in [1.82, 2.24) is 10.2 Å². The molecular formula is C15H30N2. The zero-order valence-corrected chi connectivity index (χ0v) is 11.8. The third-order valence-electron chi connectivity index (χ3n) is 3.93. The Morgan fingerprint density at radius 1 is 1.24 bits per heavy atom. The number of unbranched alkanes of at least 4 members (excludes halogenated alkanes) is 3. The lowest BCUT2D eigenvalue weighted by Gasteiger charge is -2.40. The molecule has 2 nitrogen and oxygen atoms in total. The van der Waals surface area contributed by atoms with E-state index in [1.807, 2.05) is 6.08 Å². The van der Waals surface area contributed by atoms with E-state index in [9.17, 15) is 0 Å². The highest BCUT2D eigenvalue weighted by molar-refractivity contribution is 4.84. The normalized spacial score (nSPS) is 26.0. The molecule has 1 saturated heterocycles. The van der Waals surface area contributed by atoms with Crippen LogP contribution in [-0.2, 0) is 0 Å². The van der Waals surface area contributed by atoms with E-state index in [4.69, 9.17) is 0 Å². The fraction of sp³-hybridized carbons (Fsp3) is 0.867. The van der Waals surface area contributed by atoms with Gasteiger partial charge in [-0.15, -0.1) is 6.58 Å². The number of nitrogens with one attached hydrogen (secondary N) is 1. The number of nitrogens with zero attached hydrogens (tertiary/aromatic N) is 1. The molecule has 1 heterocycles. The summed E-state index contributed by atoms with van der Waals surface area (Å²) in [5.41, 5.74) is 0. The van der Waals surface area contributed by atoms with Gasteiger partial charge in [0.05, 0.1) is 0 Å². The van der Waals surface area contributed by atoms with Gasteiger partial charge in [-0.1, -0.05) is 26.3 Å². The SMILES string of the molecule is C=CCCCCCN1CC(CC)NCC1CC.